The second kappa shape index (κ2) is 9.41. The predicted molar refractivity (Wildman–Crippen MR) is 123 cm³/mol. The van der Waals surface area contributed by atoms with Crippen molar-refractivity contribution in [2.45, 2.75) is 18.1 Å². The molecule has 4 aromatic rings. The van der Waals surface area contributed by atoms with Crippen molar-refractivity contribution in [2.75, 3.05) is 11.1 Å². The van der Waals surface area contributed by atoms with Gasteiger partial charge in [0.05, 0.1) is 5.75 Å². The topological polar surface area (TPSA) is 59.8 Å². The van der Waals surface area contributed by atoms with Gasteiger partial charge in [-0.15, -0.1) is 16.8 Å². The van der Waals surface area contributed by atoms with Gasteiger partial charge in [-0.25, -0.2) is 0 Å². The third kappa shape index (κ3) is 4.60. The molecule has 4 rings (SSSR count). The fraction of sp³-hybridized carbons (Fsp3) is 0.125. The lowest BCUT2D eigenvalue weighted by atomic mass is 10.1. The monoisotopic (exact) mass is 414 g/mol. The second-order valence-electron chi connectivity index (χ2n) is 6.82. The molecule has 0 bridgehead atoms. The van der Waals surface area contributed by atoms with Crippen molar-refractivity contribution < 1.29 is 4.79 Å². The molecule has 0 atom stereocenters. The van der Waals surface area contributed by atoms with Crippen molar-refractivity contribution in [3.8, 4) is 0 Å². The van der Waals surface area contributed by atoms with Crippen LogP contribution in [-0.2, 0) is 17.8 Å². The van der Waals surface area contributed by atoms with Gasteiger partial charge in [0, 0.05) is 24.0 Å². The van der Waals surface area contributed by atoms with E-state index in [0.717, 1.165) is 22.3 Å². The van der Waals surface area contributed by atoms with Gasteiger partial charge in [-0.05, 0) is 17.0 Å². The first-order valence-corrected chi connectivity index (χ1v) is 10.7. The summed E-state index contributed by atoms with van der Waals surface area (Å²) in [5.74, 6) is 1.04. The molecule has 30 heavy (non-hydrogen) atoms. The maximum Gasteiger partial charge on any atom is 0.234 e. The van der Waals surface area contributed by atoms with Crippen molar-refractivity contribution in [3.63, 3.8) is 0 Å². The number of nitrogens with one attached hydrogen (secondary N) is 1. The van der Waals surface area contributed by atoms with Gasteiger partial charge in [0.15, 0.2) is 5.16 Å². The second-order valence-corrected chi connectivity index (χ2v) is 7.77. The van der Waals surface area contributed by atoms with Gasteiger partial charge in [0.25, 0.3) is 0 Å². The lowest BCUT2D eigenvalue weighted by molar-refractivity contribution is -0.113. The summed E-state index contributed by atoms with van der Waals surface area (Å²) in [7, 11) is 0. The Kier molecular flexibility index (Phi) is 6.25. The summed E-state index contributed by atoms with van der Waals surface area (Å²) >= 11 is 1.38. The van der Waals surface area contributed by atoms with E-state index in [9.17, 15) is 4.79 Å². The normalized spacial score (nSPS) is 10.8. The Labute approximate surface area is 179 Å². The van der Waals surface area contributed by atoms with Crippen LogP contribution in [0.2, 0.25) is 0 Å². The molecule has 0 aliphatic heterocycles. The van der Waals surface area contributed by atoms with Crippen molar-refractivity contribution in [3.05, 3.63) is 96.8 Å². The van der Waals surface area contributed by atoms with Crippen molar-refractivity contribution in [1.29, 1.82) is 0 Å². The third-order valence-electron chi connectivity index (χ3n) is 4.71. The zero-order valence-corrected chi connectivity index (χ0v) is 17.3. The Balaban J connectivity index is 1.45. The minimum atomic E-state index is -0.0749. The average Bonchev–Trinajstić information content (AvgIpc) is 3.15. The van der Waals surface area contributed by atoms with Gasteiger partial charge < -0.3 is 9.88 Å². The summed E-state index contributed by atoms with van der Waals surface area (Å²) < 4.78 is 2.01. The van der Waals surface area contributed by atoms with E-state index in [-0.39, 0.29) is 11.7 Å². The molecule has 3 aromatic carbocycles. The first-order valence-electron chi connectivity index (χ1n) is 9.72. The summed E-state index contributed by atoms with van der Waals surface area (Å²) in [5, 5.41) is 14.5. The number of anilines is 1. The first-order chi connectivity index (χ1) is 14.7. The van der Waals surface area contributed by atoms with E-state index in [4.69, 9.17) is 0 Å². The van der Waals surface area contributed by atoms with Crippen LogP contribution in [0, 0.1) is 0 Å². The number of benzene rings is 3. The van der Waals surface area contributed by atoms with E-state index in [1.807, 2.05) is 71.3 Å². The lowest BCUT2D eigenvalue weighted by Gasteiger charge is -2.10. The quantitative estimate of drug-likeness (QED) is 0.328. The highest BCUT2D eigenvalue weighted by atomic mass is 32.2. The standard InChI is InChI=1S/C24H22N4OS/c1-2-15-28-22(16-18-9-4-3-5-10-18)26-27-24(28)30-17-23(29)25-21-14-8-12-19-11-6-7-13-20(19)21/h2-14H,1,15-17H2,(H,25,29). The molecule has 5 nitrogen and oxygen atoms in total. The average molecular weight is 415 g/mol. The Morgan fingerprint density at radius 2 is 1.77 bits per heavy atom. The first kappa shape index (κ1) is 19.9. The lowest BCUT2D eigenvalue weighted by Crippen LogP contribution is -2.15. The molecule has 1 heterocycles. The molecule has 0 unspecified atom stereocenters. The van der Waals surface area contributed by atoms with Crippen molar-refractivity contribution >= 4 is 34.1 Å². The van der Waals surface area contributed by atoms with E-state index >= 15 is 0 Å². The minimum absolute atomic E-state index is 0.0749. The van der Waals surface area contributed by atoms with Crippen LogP contribution in [0.25, 0.3) is 10.8 Å². The molecule has 0 radical (unpaired) electrons. The van der Waals surface area contributed by atoms with Gasteiger partial charge >= 0.3 is 0 Å². The molecular weight excluding hydrogens is 392 g/mol. The van der Waals surface area contributed by atoms with Crippen LogP contribution in [0.15, 0.2) is 90.6 Å². The summed E-state index contributed by atoms with van der Waals surface area (Å²) in [4.78, 5) is 12.6. The van der Waals surface area contributed by atoms with Crippen molar-refractivity contribution in [2.24, 2.45) is 0 Å². The highest BCUT2D eigenvalue weighted by molar-refractivity contribution is 7.99. The fourth-order valence-electron chi connectivity index (χ4n) is 3.30. The SMILES string of the molecule is C=CCn1c(Cc2ccccc2)nnc1SCC(=O)Nc1cccc2ccccc12. The van der Waals surface area contributed by atoms with Crippen molar-refractivity contribution in [1.82, 2.24) is 14.8 Å². The van der Waals surface area contributed by atoms with Gasteiger partial charge in [0.2, 0.25) is 5.91 Å². The number of allylic oxidation sites excluding steroid dienone is 1. The zero-order valence-electron chi connectivity index (χ0n) is 16.5. The number of thioether (sulfide) groups is 1. The third-order valence-corrected chi connectivity index (χ3v) is 5.67. The van der Waals surface area contributed by atoms with Crippen LogP contribution >= 0.6 is 11.8 Å². The Hall–Kier alpha value is -3.38. The molecule has 0 saturated heterocycles. The molecule has 1 amide bonds. The molecule has 1 N–H and O–H groups in total. The van der Waals surface area contributed by atoms with Crippen LogP contribution in [0.5, 0.6) is 0 Å². The Morgan fingerprint density at radius 1 is 1.00 bits per heavy atom. The van der Waals surface area contributed by atoms with Gasteiger partial charge in [-0.3, -0.25) is 4.79 Å². The number of carbonyl (C=O) groups excluding carboxylic acids is 1. The van der Waals surface area contributed by atoms with Crippen LogP contribution in [-0.4, -0.2) is 26.4 Å². The fourth-order valence-corrected chi connectivity index (χ4v) is 4.06. The number of rotatable bonds is 8. The number of aromatic nitrogens is 3. The van der Waals surface area contributed by atoms with E-state index in [1.54, 1.807) is 0 Å². The highest BCUT2D eigenvalue weighted by Gasteiger charge is 2.14. The number of carbonyl (C=O) groups is 1. The molecule has 0 spiro atoms. The maximum absolute atomic E-state index is 12.6. The van der Waals surface area contributed by atoms with Gasteiger partial charge in [-0.1, -0.05) is 84.6 Å². The summed E-state index contributed by atoms with van der Waals surface area (Å²) in [6.45, 7) is 4.44. The zero-order chi connectivity index (χ0) is 20.8. The van der Waals surface area contributed by atoms with E-state index in [0.29, 0.717) is 18.1 Å². The number of nitrogens with zero attached hydrogens (tertiary/aromatic N) is 3. The molecule has 150 valence electrons. The molecule has 0 fully saturated rings. The molecular formula is C24H22N4OS. The molecule has 0 aliphatic carbocycles. The molecule has 1 aromatic heterocycles. The molecule has 0 saturated carbocycles. The Morgan fingerprint density at radius 3 is 2.60 bits per heavy atom. The summed E-state index contributed by atoms with van der Waals surface area (Å²) in [6, 6.07) is 24.1. The van der Waals surface area contributed by atoms with Crippen LogP contribution in [0.4, 0.5) is 5.69 Å². The summed E-state index contributed by atoms with van der Waals surface area (Å²) in [6.07, 6.45) is 2.50. The highest BCUT2D eigenvalue weighted by Crippen LogP contribution is 2.24. The molecule has 0 aliphatic rings. The number of fused-ring (bicyclic) bond motifs is 1. The smallest absolute Gasteiger partial charge is 0.234 e. The summed E-state index contributed by atoms with van der Waals surface area (Å²) in [5.41, 5.74) is 1.98. The van der Waals surface area contributed by atoms with Crippen LogP contribution < -0.4 is 5.32 Å². The van der Waals surface area contributed by atoms with E-state index < -0.39 is 0 Å². The predicted octanol–water partition coefficient (Wildman–Crippen LogP) is 4.94. The van der Waals surface area contributed by atoms with E-state index in [2.05, 4.69) is 34.2 Å². The maximum atomic E-state index is 12.6. The molecule has 6 heteroatoms. The number of hydrogen-bond donors (Lipinski definition) is 1. The Bertz CT molecular complexity index is 1170. The van der Waals surface area contributed by atoms with Gasteiger partial charge in [0.1, 0.15) is 5.82 Å². The van der Waals surface area contributed by atoms with Gasteiger partial charge in [-0.2, -0.15) is 0 Å². The van der Waals surface area contributed by atoms with E-state index in [1.165, 1.54) is 17.3 Å². The van der Waals surface area contributed by atoms with Crippen LogP contribution in [0.3, 0.4) is 0 Å². The van der Waals surface area contributed by atoms with Crippen LogP contribution in [0.1, 0.15) is 11.4 Å². The number of hydrogen-bond acceptors (Lipinski definition) is 4. The number of amides is 1. The minimum Gasteiger partial charge on any atom is -0.325 e. The largest absolute Gasteiger partial charge is 0.325 e.